The van der Waals surface area contributed by atoms with Gasteiger partial charge >= 0.3 is 11.9 Å². The highest BCUT2D eigenvalue weighted by atomic mass is 32.1. The normalized spacial score (nSPS) is 15.2. The zero-order valence-electron chi connectivity index (χ0n) is 25.8. The van der Waals surface area contributed by atoms with Gasteiger partial charge in [-0.15, -0.1) is 0 Å². The van der Waals surface area contributed by atoms with Gasteiger partial charge < -0.3 is 24.4 Å². The number of rotatable bonds is 8. The number of benzene rings is 3. The maximum absolute atomic E-state index is 13.6. The molecule has 1 aromatic heterocycles. The molecule has 1 aliphatic heterocycles. The highest BCUT2D eigenvalue weighted by Crippen LogP contribution is 2.45. The second kappa shape index (κ2) is 14.5. The Bertz CT molecular complexity index is 1810. The Morgan fingerprint density at radius 2 is 1.63 bits per heavy atom. The summed E-state index contributed by atoms with van der Waals surface area (Å²) in [5.41, 5.74) is 1.82. The number of carboxylic acid groups (broad SMARTS) is 1. The number of ketones is 1. The number of amides is 1. The Morgan fingerprint density at radius 1 is 0.957 bits per heavy atom. The fraction of sp³-hybridized carbons (Fsp3) is 0.206. The average Bonchev–Trinajstić information content (AvgIpc) is 3.53. The highest BCUT2D eigenvalue weighted by molar-refractivity contribution is 7.17. The van der Waals surface area contributed by atoms with Gasteiger partial charge in [-0.2, -0.15) is 0 Å². The lowest BCUT2D eigenvalue weighted by Crippen LogP contribution is -2.29. The first-order valence-electron chi connectivity index (χ1n) is 14.1. The van der Waals surface area contributed by atoms with Crippen molar-refractivity contribution >= 4 is 45.9 Å². The molecule has 5 rings (SSSR count). The van der Waals surface area contributed by atoms with Crippen molar-refractivity contribution in [1.82, 2.24) is 4.98 Å². The molecule has 4 aromatic rings. The van der Waals surface area contributed by atoms with Crippen molar-refractivity contribution in [1.29, 1.82) is 0 Å². The second-order valence-corrected chi connectivity index (χ2v) is 11.0. The summed E-state index contributed by atoms with van der Waals surface area (Å²) in [6.45, 7) is 6.39. The molecule has 0 aliphatic carbocycles. The lowest BCUT2D eigenvalue weighted by atomic mass is 9.94. The van der Waals surface area contributed by atoms with Crippen LogP contribution in [-0.2, 0) is 19.1 Å². The summed E-state index contributed by atoms with van der Waals surface area (Å²) >= 11 is 0.948. The Morgan fingerprint density at radius 3 is 2.26 bits per heavy atom. The first kappa shape index (κ1) is 33.4. The van der Waals surface area contributed by atoms with Crippen LogP contribution in [-0.4, -0.2) is 52.5 Å². The van der Waals surface area contributed by atoms with E-state index in [1.54, 1.807) is 75.6 Å². The number of nitrogens with zero attached hydrogens (tertiary/aromatic N) is 2. The van der Waals surface area contributed by atoms with Gasteiger partial charge in [0.25, 0.3) is 11.8 Å². The monoisotopic (exact) mass is 644 g/mol. The number of hydrogen-bond acceptors (Lipinski definition) is 10. The predicted molar refractivity (Wildman–Crippen MR) is 172 cm³/mol. The number of aryl methyl sites for hydroxylation is 2. The number of ether oxygens (including phenoxy) is 3. The van der Waals surface area contributed by atoms with Crippen LogP contribution < -0.4 is 14.4 Å². The lowest BCUT2D eigenvalue weighted by Gasteiger charge is -2.23. The van der Waals surface area contributed by atoms with Crippen LogP contribution in [0.2, 0.25) is 0 Å². The zero-order valence-corrected chi connectivity index (χ0v) is 26.6. The number of para-hydroxylation sites is 1. The molecule has 1 aliphatic rings. The molecule has 11 nitrogen and oxygen atoms in total. The molecule has 1 atom stereocenters. The summed E-state index contributed by atoms with van der Waals surface area (Å²) < 4.78 is 16.5. The van der Waals surface area contributed by atoms with E-state index >= 15 is 0 Å². The van der Waals surface area contributed by atoms with Crippen LogP contribution in [0.3, 0.4) is 0 Å². The topological polar surface area (TPSA) is 153 Å². The van der Waals surface area contributed by atoms with Gasteiger partial charge in [-0.25, -0.2) is 9.78 Å². The molecule has 0 bridgehead atoms. The SMILES string of the molecule is CC(=O)O.CCOC(=O)c1sc(N2C(=O)C(=O)C(=C(O)c3ccc(OC)c(C)c3)C2c2cccc(Oc3ccccc3)c2)nc1C. The van der Waals surface area contributed by atoms with Crippen LogP contribution >= 0.6 is 11.3 Å². The number of carboxylic acids is 1. The molecular formula is C34H32N2O9S. The standard InChI is InChI=1S/C32H28N2O7S.C2H4O2/c1-5-40-31(38)29-19(3)33-32(42-29)34-26(20-10-9-13-23(17-20)41-22-11-7-6-8-12-22)25(28(36)30(34)37)27(35)21-14-15-24(39-4)18(2)16-21;1-2(3)4/h6-17,26,35H,5H2,1-4H3;1H3,(H,3,4). The van der Waals surface area contributed by atoms with Gasteiger partial charge in [0.15, 0.2) is 5.13 Å². The zero-order chi connectivity index (χ0) is 33.5. The molecule has 0 radical (unpaired) electrons. The third-order valence-corrected chi connectivity index (χ3v) is 7.85. The quantitative estimate of drug-likeness (QED) is 0.0946. The summed E-state index contributed by atoms with van der Waals surface area (Å²) in [5, 5.41) is 19.1. The smallest absolute Gasteiger partial charge is 0.350 e. The fourth-order valence-corrected chi connectivity index (χ4v) is 5.76. The van der Waals surface area contributed by atoms with E-state index in [1.165, 1.54) is 4.90 Å². The first-order valence-corrected chi connectivity index (χ1v) is 14.9. The van der Waals surface area contributed by atoms with Crippen molar-refractivity contribution in [3.63, 3.8) is 0 Å². The Balaban J connectivity index is 0.00000113. The number of aliphatic carboxylic acids is 1. The maximum Gasteiger partial charge on any atom is 0.350 e. The minimum atomic E-state index is -1.06. The number of hydrogen-bond donors (Lipinski definition) is 2. The Kier molecular flexibility index (Phi) is 10.5. The molecular weight excluding hydrogens is 612 g/mol. The van der Waals surface area contributed by atoms with Crippen molar-refractivity contribution < 1.29 is 43.6 Å². The molecule has 2 heterocycles. The first-order chi connectivity index (χ1) is 22.0. The summed E-state index contributed by atoms with van der Waals surface area (Å²) in [5.74, 6) is -1.84. The predicted octanol–water partition coefficient (Wildman–Crippen LogP) is 6.45. The van der Waals surface area contributed by atoms with Crippen molar-refractivity contribution in [2.24, 2.45) is 0 Å². The van der Waals surface area contributed by atoms with E-state index in [2.05, 4.69) is 4.98 Å². The maximum atomic E-state index is 13.6. The minimum absolute atomic E-state index is 0.119. The van der Waals surface area contributed by atoms with Crippen molar-refractivity contribution in [2.45, 2.75) is 33.7 Å². The lowest BCUT2D eigenvalue weighted by molar-refractivity contribution is -0.134. The molecule has 1 unspecified atom stereocenters. The fourth-order valence-electron chi connectivity index (χ4n) is 4.77. The van der Waals surface area contributed by atoms with E-state index in [0.29, 0.717) is 34.1 Å². The van der Waals surface area contributed by atoms with E-state index in [0.717, 1.165) is 23.8 Å². The second-order valence-electron chi connectivity index (χ2n) is 9.99. The van der Waals surface area contributed by atoms with E-state index in [1.807, 2.05) is 25.1 Å². The van der Waals surface area contributed by atoms with Gasteiger partial charge in [-0.1, -0.05) is 41.7 Å². The van der Waals surface area contributed by atoms with Crippen LogP contribution in [0.15, 0.2) is 78.4 Å². The van der Waals surface area contributed by atoms with Crippen LogP contribution in [0.1, 0.15) is 51.9 Å². The molecule has 1 amide bonds. The minimum Gasteiger partial charge on any atom is -0.507 e. The number of aromatic nitrogens is 1. The summed E-state index contributed by atoms with van der Waals surface area (Å²) in [6, 6.07) is 20.0. The molecule has 0 spiro atoms. The molecule has 0 saturated carbocycles. The third-order valence-electron chi connectivity index (χ3n) is 6.72. The number of anilines is 1. The number of carbonyl (C=O) groups is 4. The van der Waals surface area contributed by atoms with Gasteiger partial charge in [0, 0.05) is 12.5 Å². The Labute approximate surface area is 269 Å². The van der Waals surface area contributed by atoms with Gasteiger partial charge in [0.1, 0.15) is 27.9 Å². The number of aliphatic hydroxyl groups is 1. The summed E-state index contributed by atoms with van der Waals surface area (Å²) in [7, 11) is 1.54. The van der Waals surface area contributed by atoms with Gasteiger partial charge in [0.2, 0.25) is 0 Å². The molecule has 238 valence electrons. The molecule has 3 aromatic carbocycles. The van der Waals surface area contributed by atoms with E-state index in [-0.39, 0.29) is 27.9 Å². The molecule has 12 heteroatoms. The summed E-state index contributed by atoms with van der Waals surface area (Å²) in [6.07, 6.45) is 0. The molecule has 2 N–H and O–H groups in total. The van der Waals surface area contributed by atoms with E-state index in [4.69, 9.17) is 24.1 Å². The van der Waals surface area contributed by atoms with Crippen molar-refractivity contribution in [3.8, 4) is 17.2 Å². The van der Waals surface area contributed by atoms with Crippen LogP contribution in [0.4, 0.5) is 5.13 Å². The van der Waals surface area contributed by atoms with Gasteiger partial charge in [0.05, 0.1) is 31.0 Å². The largest absolute Gasteiger partial charge is 0.507 e. The molecule has 1 saturated heterocycles. The van der Waals surface area contributed by atoms with Crippen LogP contribution in [0.5, 0.6) is 17.2 Å². The van der Waals surface area contributed by atoms with Crippen molar-refractivity contribution in [2.75, 3.05) is 18.6 Å². The number of aliphatic hydroxyl groups excluding tert-OH is 1. The highest BCUT2D eigenvalue weighted by Gasteiger charge is 2.48. The van der Waals surface area contributed by atoms with E-state index < -0.39 is 29.7 Å². The number of esters is 1. The average molecular weight is 645 g/mol. The molecule has 1 fully saturated rings. The number of thiazole rings is 1. The van der Waals surface area contributed by atoms with E-state index in [9.17, 15) is 19.5 Å². The Hall–Kier alpha value is -5.49. The number of methoxy groups -OCH3 is 1. The number of Topliss-reactive ketones (excluding diaryl/α,β-unsaturated/α-hetero) is 1. The summed E-state index contributed by atoms with van der Waals surface area (Å²) in [4.78, 5) is 54.7. The molecule has 46 heavy (non-hydrogen) atoms. The van der Waals surface area contributed by atoms with Crippen molar-refractivity contribution in [3.05, 3.63) is 106 Å². The third kappa shape index (κ3) is 7.24. The number of carbonyl (C=O) groups excluding carboxylic acids is 3. The van der Waals surface area contributed by atoms with Gasteiger partial charge in [-0.05, 0) is 74.4 Å². The van der Waals surface area contributed by atoms with Crippen LogP contribution in [0.25, 0.3) is 5.76 Å². The van der Waals surface area contributed by atoms with Crippen LogP contribution in [0, 0.1) is 13.8 Å². The van der Waals surface area contributed by atoms with Gasteiger partial charge in [-0.3, -0.25) is 19.3 Å².